The van der Waals surface area contributed by atoms with Crippen LogP contribution in [-0.4, -0.2) is 11.8 Å². The van der Waals surface area contributed by atoms with Crippen LogP contribution >= 0.6 is 0 Å². The fourth-order valence-corrected chi connectivity index (χ4v) is 1.47. The third kappa shape index (κ3) is 6.46. The number of hydrogen-bond donors (Lipinski definition) is 2. The summed E-state index contributed by atoms with van der Waals surface area (Å²) in [5.74, 6) is -0.546. The van der Waals surface area contributed by atoms with E-state index < -0.39 is 0 Å². The van der Waals surface area contributed by atoms with E-state index in [1.54, 1.807) is 0 Å². The maximum absolute atomic E-state index is 10.9. The molecule has 0 aromatic carbocycles. The van der Waals surface area contributed by atoms with Gasteiger partial charge in [0.15, 0.2) is 0 Å². The van der Waals surface area contributed by atoms with Gasteiger partial charge in [0.2, 0.25) is 11.8 Å². The second kappa shape index (κ2) is 7.35. The third-order valence-electron chi connectivity index (χ3n) is 2.27. The summed E-state index contributed by atoms with van der Waals surface area (Å²) in [7, 11) is 0. The van der Waals surface area contributed by atoms with Gasteiger partial charge in [-0.15, -0.1) is 0 Å². The van der Waals surface area contributed by atoms with Crippen LogP contribution in [0, 0.1) is 5.92 Å². The van der Waals surface area contributed by atoms with Crippen molar-refractivity contribution in [3.8, 4) is 0 Å². The van der Waals surface area contributed by atoms with E-state index in [0.717, 1.165) is 32.1 Å². The molecule has 0 rings (SSSR count). The molecular weight excluding hydrogens is 180 g/mol. The molecule has 0 aliphatic rings. The van der Waals surface area contributed by atoms with Crippen molar-refractivity contribution in [2.45, 2.75) is 45.4 Å². The average molecular weight is 200 g/mol. The second-order valence-electron chi connectivity index (χ2n) is 3.60. The highest BCUT2D eigenvalue weighted by Crippen LogP contribution is 2.14. The van der Waals surface area contributed by atoms with Crippen LogP contribution < -0.4 is 11.5 Å². The van der Waals surface area contributed by atoms with Crippen LogP contribution in [0.15, 0.2) is 0 Å². The molecule has 0 aliphatic carbocycles. The normalized spacial score (nSPS) is 12.4. The highest BCUT2D eigenvalue weighted by Gasteiger charge is 2.13. The molecule has 0 saturated carbocycles. The van der Waals surface area contributed by atoms with Crippen LogP contribution in [0.25, 0.3) is 0 Å². The van der Waals surface area contributed by atoms with Crippen LogP contribution in [-0.2, 0) is 9.59 Å². The maximum atomic E-state index is 10.9. The molecule has 0 aromatic rings. The molecule has 0 radical (unpaired) electrons. The Morgan fingerprint density at radius 1 is 1.14 bits per heavy atom. The van der Waals surface area contributed by atoms with Gasteiger partial charge in [0.25, 0.3) is 0 Å². The molecule has 4 heteroatoms. The van der Waals surface area contributed by atoms with Gasteiger partial charge >= 0.3 is 0 Å². The van der Waals surface area contributed by atoms with E-state index >= 15 is 0 Å². The summed E-state index contributed by atoms with van der Waals surface area (Å²) >= 11 is 0. The summed E-state index contributed by atoms with van der Waals surface area (Å²) in [5, 5.41) is 0. The van der Waals surface area contributed by atoms with Crippen molar-refractivity contribution < 1.29 is 9.59 Å². The van der Waals surface area contributed by atoms with Crippen molar-refractivity contribution in [3.05, 3.63) is 0 Å². The van der Waals surface area contributed by atoms with Gasteiger partial charge < -0.3 is 11.5 Å². The summed E-state index contributed by atoms with van der Waals surface area (Å²) in [6.07, 6.45) is 4.57. The van der Waals surface area contributed by atoms with Crippen LogP contribution in [0.2, 0.25) is 0 Å². The predicted octanol–water partition coefficient (Wildman–Crippen LogP) is 0.934. The number of hydrogen-bond acceptors (Lipinski definition) is 2. The van der Waals surface area contributed by atoms with E-state index in [9.17, 15) is 9.59 Å². The number of carbonyl (C=O) groups excluding carboxylic acids is 2. The van der Waals surface area contributed by atoms with Crippen LogP contribution in [0.4, 0.5) is 0 Å². The van der Waals surface area contributed by atoms with Crippen LogP contribution in [0.1, 0.15) is 45.4 Å². The Labute approximate surface area is 85.0 Å². The van der Waals surface area contributed by atoms with Gasteiger partial charge in [-0.05, 0) is 19.3 Å². The average Bonchev–Trinajstić information content (AvgIpc) is 2.09. The molecule has 0 aliphatic heterocycles. The molecule has 0 heterocycles. The maximum Gasteiger partial charge on any atom is 0.220 e. The SMILES string of the molecule is CCCC(CCCCC(N)=O)C(N)=O. The Morgan fingerprint density at radius 3 is 2.21 bits per heavy atom. The first-order valence-corrected chi connectivity index (χ1v) is 5.15. The minimum Gasteiger partial charge on any atom is -0.370 e. The lowest BCUT2D eigenvalue weighted by molar-refractivity contribution is -0.122. The molecular formula is C10H20N2O2. The lowest BCUT2D eigenvalue weighted by atomic mass is 9.96. The molecule has 0 saturated heterocycles. The number of primary amides is 2. The predicted molar refractivity (Wildman–Crippen MR) is 55.3 cm³/mol. The first-order valence-electron chi connectivity index (χ1n) is 5.15. The lowest BCUT2D eigenvalue weighted by Crippen LogP contribution is -2.23. The molecule has 0 bridgehead atoms. The van der Waals surface area contributed by atoms with E-state index in [1.807, 2.05) is 6.92 Å². The summed E-state index contributed by atoms with van der Waals surface area (Å²) in [4.78, 5) is 21.4. The Balaban J connectivity index is 3.61. The largest absolute Gasteiger partial charge is 0.370 e. The summed E-state index contributed by atoms with van der Waals surface area (Å²) in [5.41, 5.74) is 10.2. The highest BCUT2D eigenvalue weighted by molar-refractivity contribution is 5.76. The van der Waals surface area contributed by atoms with E-state index in [2.05, 4.69) is 0 Å². The van der Waals surface area contributed by atoms with E-state index in [-0.39, 0.29) is 17.7 Å². The van der Waals surface area contributed by atoms with Gasteiger partial charge in [-0.3, -0.25) is 9.59 Å². The van der Waals surface area contributed by atoms with Gasteiger partial charge in [-0.25, -0.2) is 0 Å². The molecule has 14 heavy (non-hydrogen) atoms. The van der Waals surface area contributed by atoms with Crippen molar-refractivity contribution >= 4 is 11.8 Å². The standard InChI is InChI=1S/C10H20N2O2/c1-2-5-8(10(12)14)6-3-4-7-9(11)13/h8H,2-7H2,1H3,(H2,11,13)(H2,12,14). The Morgan fingerprint density at radius 2 is 1.79 bits per heavy atom. The number of rotatable bonds is 8. The minimum atomic E-state index is -0.281. The van der Waals surface area contributed by atoms with Gasteiger partial charge in [-0.1, -0.05) is 19.8 Å². The van der Waals surface area contributed by atoms with E-state index in [4.69, 9.17) is 11.5 Å². The van der Waals surface area contributed by atoms with Crippen LogP contribution in [0.3, 0.4) is 0 Å². The zero-order valence-corrected chi connectivity index (χ0v) is 8.79. The number of nitrogens with two attached hydrogens (primary N) is 2. The summed E-state index contributed by atoms with van der Waals surface area (Å²) in [6.45, 7) is 2.03. The van der Waals surface area contributed by atoms with Crippen molar-refractivity contribution in [1.82, 2.24) is 0 Å². The van der Waals surface area contributed by atoms with Crippen molar-refractivity contribution in [2.24, 2.45) is 17.4 Å². The quantitative estimate of drug-likeness (QED) is 0.571. The fraction of sp³-hybridized carbons (Fsp3) is 0.800. The molecule has 0 aromatic heterocycles. The van der Waals surface area contributed by atoms with Gasteiger partial charge in [0.1, 0.15) is 0 Å². The zero-order chi connectivity index (χ0) is 11.0. The van der Waals surface area contributed by atoms with Crippen molar-refractivity contribution in [3.63, 3.8) is 0 Å². The third-order valence-corrected chi connectivity index (χ3v) is 2.27. The number of amides is 2. The molecule has 1 unspecified atom stereocenters. The first kappa shape index (κ1) is 12.9. The molecule has 4 N–H and O–H groups in total. The molecule has 0 fully saturated rings. The van der Waals surface area contributed by atoms with Crippen molar-refractivity contribution in [2.75, 3.05) is 0 Å². The highest BCUT2D eigenvalue weighted by atomic mass is 16.1. The van der Waals surface area contributed by atoms with E-state index in [1.165, 1.54) is 0 Å². The van der Waals surface area contributed by atoms with E-state index in [0.29, 0.717) is 6.42 Å². The fourth-order valence-electron chi connectivity index (χ4n) is 1.47. The number of unbranched alkanes of at least 4 members (excludes halogenated alkanes) is 1. The van der Waals surface area contributed by atoms with Crippen LogP contribution in [0.5, 0.6) is 0 Å². The summed E-state index contributed by atoms with van der Waals surface area (Å²) < 4.78 is 0. The molecule has 82 valence electrons. The number of carbonyl (C=O) groups is 2. The minimum absolute atomic E-state index is 0.0344. The smallest absolute Gasteiger partial charge is 0.220 e. The molecule has 0 spiro atoms. The van der Waals surface area contributed by atoms with Crippen molar-refractivity contribution in [1.29, 1.82) is 0 Å². The molecule has 1 atom stereocenters. The Hall–Kier alpha value is -1.06. The van der Waals surface area contributed by atoms with Gasteiger partial charge in [0.05, 0.1) is 0 Å². The topological polar surface area (TPSA) is 86.2 Å². The van der Waals surface area contributed by atoms with Gasteiger partial charge in [-0.2, -0.15) is 0 Å². The Bertz CT molecular complexity index is 193. The lowest BCUT2D eigenvalue weighted by Gasteiger charge is -2.10. The monoisotopic (exact) mass is 200 g/mol. The van der Waals surface area contributed by atoms with Gasteiger partial charge in [0, 0.05) is 12.3 Å². The summed E-state index contributed by atoms with van der Waals surface area (Å²) in [6, 6.07) is 0. The second-order valence-corrected chi connectivity index (χ2v) is 3.60. The molecule has 2 amide bonds. The molecule has 4 nitrogen and oxygen atoms in total. The Kier molecular flexibility index (Phi) is 6.80. The first-order chi connectivity index (χ1) is 6.57. The zero-order valence-electron chi connectivity index (χ0n) is 8.79.